The smallest absolute Gasteiger partial charge is 0.305 e. The molecule has 2 saturated carbocycles. The third-order valence-electron chi connectivity index (χ3n) is 5.26. The van der Waals surface area contributed by atoms with Crippen LogP contribution in [0.4, 0.5) is 0 Å². The van der Waals surface area contributed by atoms with Gasteiger partial charge in [0.1, 0.15) is 0 Å². The van der Waals surface area contributed by atoms with Crippen molar-refractivity contribution in [1.29, 1.82) is 0 Å². The van der Waals surface area contributed by atoms with Crippen LogP contribution in [0.15, 0.2) is 0 Å². The second-order valence-corrected chi connectivity index (χ2v) is 9.11. The van der Waals surface area contributed by atoms with Crippen molar-refractivity contribution in [3.8, 4) is 0 Å². The fraction of sp³-hybridized carbons (Fsp3) is 0.875. The highest BCUT2D eigenvalue weighted by Gasteiger charge is 2.40. The topological polar surface area (TPSA) is 127 Å². The van der Waals surface area contributed by atoms with Gasteiger partial charge in [0, 0.05) is 0 Å². The van der Waals surface area contributed by atoms with E-state index in [2.05, 4.69) is 9.78 Å². The first kappa shape index (κ1) is 21.5. The van der Waals surface area contributed by atoms with Crippen LogP contribution in [0.3, 0.4) is 0 Å². The van der Waals surface area contributed by atoms with Gasteiger partial charge in [0.15, 0.2) is 32.7 Å². The van der Waals surface area contributed by atoms with Crippen LogP contribution in [0.2, 0.25) is 0 Å². The molecule has 0 amide bonds. The molecular weight excluding hydrogens is 384 g/mol. The van der Waals surface area contributed by atoms with Gasteiger partial charge in [0.2, 0.25) is 0 Å². The van der Waals surface area contributed by atoms with E-state index >= 15 is 0 Å². The highest BCUT2D eigenvalue weighted by molar-refractivity contribution is 7.81. The van der Waals surface area contributed by atoms with Crippen LogP contribution in [0.1, 0.15) is 64.2 Å². The van der Waals surface area contributed by atoms with E-state index in [4.69, 9.17) is 0 Å². The minimum atomic E-state index is -2.44. The third-order valence-corrected chi connectivity index (χ3v) is 7.28. The first-order valence-electron chi connectivity index (χ1n) is 9.03. The Morgan fingerprint density at radius 3 is 1.27 bits per heavy atom. The maximum Gasteiger partial charge on any atom is 0.373 e. The van der Waals surface area contributed by atoms with Gasteiger partial charge in [0.25, 0.3) is 0 Å². The lowest BCUT2D eigenvalue weighted by Crippen LogP contribution is -2.40. The Bertz CT molecular complexity index is 492. The summed E-state index contributed by atoms with van der Waals surface area (Å²) in [5, 5.41) is -2.56. The zero-order chi connectivity index (χ0) is 19.1. The van der Waals surface area contributed by atoms with Crippen molar-refractivity contribution >= 4 is 34.1 Å². The SMILES string of the molecule is O=C(OOC(=O)C(C1CCCCC1)S(=O)O)C(C1CCCCC1)S(=O)O. The van der Waals surface area contributed by atoms with Gasteiger partial charge >= 0.3 is 11.9 Å². The maximum atomic E-state index is 12.2. The molecule has 2 aliphatic carbocycles. The Hall–Kier alpha value is -0.840. The molecule has 2 fully saturated rings. The van der Waals surface area contributed by atoms with Gasteiger partial charge in [-0.25, -0.2) is 27.8 Å². The van der Waals surface area contributed by atoms with Crippen molar-refractivity contribution in [2.45, 2.75) is 74.7 Å². The molecule has 0 spiro atoms. The molecule has 2 rings (SSSR count). The quantitative estimate of drug-likeness (QED) is 0.388. The molecule has 26 heavy (non-hydrogen) atoms. The molecular formula is C16H26O8S2. The molecule has 150 valence electrons. The van der Waals surface area contributed by atoms with Crippen molar-refractivity contribution < 1.29 is 36.9 Å². The molecule has 4 unspecified atom stereocenters. The van der Waals surface area contributed by atoms with Gasteiger partial charge in [-0.1, -0.05) is 38.5 Å². The summed E-state index contributed by atoms with van der Waals surface area (Å²) >= 11 is -4.89. The minimum absolute atomic E-state index is 0.304. The largest absolute Gasteiger partial charge is 0.373 e. The van der Waals surface area contributed by atoms with Gasteiger partial charge < -0.3 is 9.11 Å². The Kier molecular flexibility index (Phi) is 8.65. The van der Waals surface area contributed by atoms with Gasteiger partial charge in [-0.2, -0.15) is 0 Å². The second kappa shape index (κ2) is 10.5. The number of carbonyl (C=O) groups excluding carboxylic acids is 2. The van der Waals surface area contributed by atoms with Gasteiger partial charge in [-0.05, 0) is 37.5 Å². The molecule has 0 aliphatic heterocycles. The fourth-order valence-electron chi connectivity index (χ4n) is 3.93. The minimum Gasteiger partial charge on any atom is -0.305 e. The van der Waals surface area contributed by atoms with Crippen molar-refractivity contribution in [3.63, 3.8) is 0 Å². The van der Waals surface area contributed by atoms with Crippen molar-refractivity contribution in [3.05, 3.63) is 0 Å². The molecule has 0 radical (unpaired) electrons. The van der Waals surface area contributed by atoms with Crippen LogP contribution in [0.25, 0.3) is 0 Å². The third kappa shape index (κ3) is 5.83. The first-order valence-corrected chi connectivity index (χ1v) is 11.4. The molecule has 0 aromatic rings. The normalized spacial score (nSPS) is 24.2. The molecule has 2 N–H and O–H groups in total. The van der Waals surface area contributed by atoms with Gasteiger partial charge in [-0.15, -0.1) is 0 Å². The Morgan fingerprint density at radius 1 is 0.692 bits per heavy atom. The molecule has 0 saturated heterocycles. The lowest BCUT2D eigenvalue weighted by Gasteiger charge is -2.27. The summed E-state index contributed by atoms with van der Waals surface area (Å²) in [6.45, 7) is 0. The summed E-state index contributed by atoms with van der Waals surface area (Å²) in [5.74, 6) is -2.78. The number of hydrogen-bond acceptors (Lipinski definition) is 6. The van der Waals surface area contributed by atoms with Crippen molar-refractivity contribution in [2.24, 2.45) is 11.8 Å². The van der Waals surface area contributed by atoms with E-state index in [9.17, 15) is 27.1 Å². The number of hydrogen-bond donors (Lipinski definition) is 2. The maximum absolute atomic E-state index is 12.2. The lowest BCUT2D eigenvalue weighted by molar-refractivity contribution is -0.259. The molecule has 4 atom stereocenters. The summed E-state index contributed by atoms with van der Waals surface area (Å²) < 4.78 is 42.0. The summed E-state index contributed by atoms with van der Waals surface area (Å²) in [4.78, 5) is 33.4. The first-order chi connectivity index (χ1) is 12.4. The number of carbonyl (C=O) groups is 2. The molecule has 0 aromatic carbocycles. The predicted octanol–water partition coefficient (Wildman–Crippen LogP) is 2.33. The second-order valence-electron chi connectivity index (χ2n) is 6.99. The van der Waals surface area contributed by atoms with E-state index in [0.717, 1.165) is 38.5 Å². The molecule has 10 heteroatoms. The van der Waals surface area contributed by atoms with Crippen molar-refractivity contribution in [1.82, 2.24) is 0 Å². The van der Waals surface area contributed by atoms with E-state index < -0.39 is 44.6 Å². The van der Waals surface area contributed by atoms with Gasteiger partial charge in [-0.3, -0.25) is 0 Å². The predicted molar refractivity (Wildman–Crippen MR) is 94.5 cm³/mol. The van der Waals surface area contributed by atoms with Crippen LogP contribution in [-0.4, -0.2) is 40.0 Å². The number of rotatable bonds is 6. The highest BCUT2D eigenvalue weighted by Crippen LogP contribution is 2.31. The highest BCUT2D eigenvalue weighted by atomic mass is 32.2. The van der Waals surface area contributed by atoms with Crippen LogP contribution in [-0.2, 0) is 41.5 Å². The van der Waals surface area contributed by atoms with E-state index in [-0.39, 0.29) is 11.8 Å². The van der Waals surface area contributed by atoms with E-state index in [0.29, 0.717) is 25.7 Å². The molecule has 2 aliphatic rings. The van der Waals surface area contributed by atoms with E-state index in [1.54, 1.807) is 0 Å². The fourth-order valence-corrected chi connectivity index (χ4v) is 5.54. The summed E-state index contributed by atoms with van der Waals surface area (Å²) in [6.07, 6.45) is 7.98. The monoisotopic (exact) mass is 410 g/mol. The van der Waals surface area contributed by atoms with Crippen molar-refractivity contribution in [2.75, 3.05) is 0 Å². The van der Waals surface area contributed by atoms with Crippen LogP contribution in [0.5, 0.6) is 0 Å². The molecule has 8 nitrogen and oxygen atoms in total. The standard InChI is InChI=1S/C16H26O8S2/c17-15(13(25(19)20)11-7-3-1-4-8-11)23-24-16(18)14(26(21)22)12-9-5-2-6-10-12/h11-14H,1-10H2,(H,19,20)(H,21,22). The molecule has 0 aromatic heterocycles. The summed E-state index contributed by atoms with van der Waals surface area (Å²) in [5.41, 5.74) is 0. The van der Waals surface area contributed by atoms with Crippen LogP contribution < -0.4 is 0 Å². The zero-order valence-corrected chi connectivity index (χ0v) is 16.2. The average molecular weight is 411 g/mol. The summed E-state index contributed by atoms with van der Waals surface area (Å²) in [6, 6.07) is 0. The Morgan fingerprint density at radius 2 is 1.00 bits per heavy atom. The van der Waals surface area contributed by atoms with E-state index in [1.165, 1.54) is 0 Å². The average Bonchev–Trinajstić information content (AvgIpc) is 2.61. The summed E-state index contributed by atoms with van der Waals surface area (Å²) in [7, 11) is 0. The Labute approximate surface area is 157 Å². The zero-order valence-electron chi connectivity index (χ0n) is 14.5. The van der Waals surface area contributed by atoms with E-state index in [1.807, 2.05) is 0 Å². The van der Waals surface area contributed by atoms with Gasteiger partial charge in [0.05, 0.1) is 0 Å². The Balaban J connectivity index is 1.95. The molecule has 0 bridgehead atoms. The molecule has 0 heterocycles. The van der Waals surface area contributed by atoms with Crippen LogP contribution >= 0.6 is 0 Å². The lowest BCUT2D eigenvalue weighted by atomic mass is 9.86. The van der Waals surface area contributed by atoms with Crippen LogP contribution in [0, 0.1) is 11.8 Å².